The number of nitrogens with zero attached hydrogens (tertiary/aromatic N) is 2. The summed E-state index contributed by atoms with van der Waals surface area (Å²) >= 11 is 3.97. The van der Waals surface area contributed by atoms with E-state index in [4.69, 9.17) is 10.5 Å². The number of aromatic nitrogens is 2. The van der Waals surface area contributed by atoms with Crippen LogP contribution in [0.4, 0.5) is 5.82 Å². The monoisotopic (exact) mass is 245 g/mol. The van der Waals surface area contributed by atoms with E-state index in [2.05, 4.69) is 22.6 Å². The Kier molecular flexibility index (Phi) is 4.78. The molecule has 0 saturated heterocycles. The third-order valence-electron chi connectivity index (χ3n) is 2.07. The maximum Gasteiger partial charge on any atom is 0.257 e. The third-order valence-corrected chi connectivity index (χ3v) is 2.33. The minimum atomic E-state index is -1.12. The number of nitrogens with two attached hydrogens (primary N) is 1. The molecule has 1 aromatic heterocycles. The van der Waals surface area contributed by atoms with E-state index in [-0.39, 0.29) is 17.4 Å². The van der Waals surface area contributed by atoms with Crippen molar-refractivity contribution in [2.45, 2.75) is 18.6 Å². The van der Waals surface area contributed by atoms with E-state index in [0.29, 0.717) is 12.2 Å². The van der Waals surface area contributed by atoms with Crippen molar-refractivity contribution in [1.29, 1.82) is 0 Å². The maximum atomic E-state index is 9.75. The SMILES string of the molecule is COc1nc(C(O)C(O)CCS)cnc1N. The van der Waals surface area contributed by atoms with Gasteiger partial charge in [-0.3, -0.25) is 0 Å². The summed E-state index contributed by atoms with van der Waals surface area (Å²) in [5.41, 5.74) is 5.70. The Morgan fingerprint density at radius 2 is 2.25 bits per heavy atom. The number of aliphatic hydroxyl groups is 2. The predicted molar refractivity (Wildman–Crippen MR) is 62.4 cm³/mol. The second kappa shape index (κ2) is 5.88. The second-order valence-corrected chi connectivity index (χ2v) is 3.66. The van der Waals surface area contributed by atoms with Gasteiger partial charge in [-0.1, -0.05) is 0 Å². The van der Waals surface area contributed by atoms with Crippen LogP contribution in [-0.2, 0) is 0 Å². The lowest BCUT2D eigenvalue weighted by molar-refractivity contribution is 0.0142. The fourth-order valence-electron chi connectivity index (χ4n) is 1.17. The molecular weight excluding hydrogens is 230 g/mol. The molecule has 0 bridgehead atoms. The number of ether oxygens (including phenoxy) is 1. The average molecular weight is 245 g/mol. The first kappa shape index (κ1) is 13.0. The number of hydrogen-bond acceptors (Lipinski definition) is 7. The fraction of sp³-hybridized carbons (Fsp3) is 0.556. The Labute approximate surface area is 98.9 Å². The van der Waals surface area contributed by atoms with E-state index in [9.17, 15) is 10.2 Å². The summed E-state index contributed by atoms with van der Waals surface area (Å²) in [6.07, 6.45) is -0.377. The Morgan fingerprint density at radius 1 is 1.56 bits per heavy atom. The Hall–Kier alpha value is -1.05. The Bertz CT molecular complexity index is 351. The maximum absolute atomic E-state index is 9.75. The van der Waals surface area contributed by atoms with Gasteiger partial charge in [0.1, 0.15) is 6.10 Å². The van der Waals surface area contributed by atoms with E-state index in [1.165, 1.54) is 13.3 Å². The number of rotatable bonds is 5. The minimum Gasteiger partial charge on any atom is -0.478 e. The molecule has 0 aliphatic carbocycles. The normalized spacial score (nSPS) is 14.5. The van der Waals surface area contributed by atoms with Gasteiger partial charge in [0.15, 0.2) is 5.82 Å². The van der Waals surface area contributed by atoms with Crippen molar-refractivity contribution >= 4 is 18.4 Å². The molecule has 16 heavy (non-hydrogen) atoms. The van der Waals surface area contributed by atoms with Crippen molar-refractivity contribution in [3.05, 3.63) is 11.9 Å². The highest BCUT2D eigenvalue weighted by Gasteiger charge is 2.20. The summed E-state index contributed by atoms with van der Waals surface area (Å²) < 4.78 is 4.87. The molecule has 4 N–H and O–H groups in total. The van der Waals surface area contributed by atoms with Crippen LogP contribution in [0.15, 0.2) is 6.20 Å². The van der Waals surface area contributed by atoms with Crippen molar-refractivity contribution in [3.8, 4) is 5.88 Å². The average Bonchev–Trinajstić information content (AvgIpc) is 2.29. The highest BCUT2D eigenvalue weighted by molar-refractivity contribution is 7.80. The summed E-state index contributed by atoms with van der Waals surface area (Å²) in [5.74, 6) is 0.745. The summed E-state index contributed by atoms with van der Waals surface area (Å²) in [7, 11) is 1.40. The molecule has 1 rings (SSSR count). The van der Waals surface area contributed by atoms with Gasteiger partial charge in [-0.2, -0.15) is 12.6 Å². The molecule has 0 amide bonds. The van der Waals surface area contributed by atoms with Gasteiger partial charge >= 0.3 is 0 Å². The third kappa shape index (κ3) is 2.97. The highest BCUT2D eigenvalue weighted by Crippen LogP contribution is 2.21. The fourth-order valence-corrected chi connectivity index (χ4v) is 1.44. The molecule has 0 fully saturated rings. The van der Waals surface area contributed by atoms with Gasteiger partial charge in [-0.15, -0.1) is 0 Å². The molecule has 0 spiro atoms. The molecule has 7 heteroatoms. The molecule has 2 atom stereocenters. The van der Waals surface area contributed by atoms with E-state index in [1.807, 2.05) is 0 Å². The van der Waals surface area contributed by atoms with Gasteiger partial charge in [0.25, 0.3) is 5.88 Å². The number of thiol groups is 1. The van der Waals surface area contributed by atoms with Crippen molar-refractivity contribution in [2.75, 3.05) is 18.6 Å². The van der Waals surface area contributed by atoms with Crippen LogP contribution in [0, 0.1) is 0 Å². The first-order chi connectivity index (χ1) is 7.60. The zero-order valence-electron chi connectivity index (χ0n) is 8.87. The van der Waals surface area contributed by atoms with Crippen molar-refractivity contribution in [2.24, 2.45) is 0 Å². The molecular formula is C9H15N3O3S. The smallest absolute Gasteiger partial charge is 0.257 e. The molecule has 0 aliphatic rings. The van der Waals surface area contributed by atoms with Gasteiger partial charge in [-0.05, 0) is 12.2 Å². The van der Waals surface area contributed by atoms with Crippen LogP contribution in [0.2, 0.25) is 0 Å². The number of nitrogen functional groups attached to an aromatic ring is 1. The van der Waals surface area contributed by atoms with Crippen molar-refractivity contribution in [3.63, 3.8) is 0 Å². The first-order valence-electron chi connectivity index (χ1n) is 4.73. The van der Waals surface area contributed by atoms with Crippen LogP contribution in [-0.4, -0.2) is 39.1 Å². The molecule has 0 aromatic carbocycles. The van der Waals surface area contributed by atoms with E-state index < -0.39 is 12.2 Å². The number of anilines is 1. The van der Waals surface area contributed by atoms with Crippen LogP contribution in [0.1, 0.15) is 18.2 Å². The van der Waals surface area contributed by atoms with Crippen LogP contribution in [0.5, 0.6) is 5.88 Å². The summed E-state index contributed by atoms with van der Waals surface area (Å²) in [6, 6.07) is 0. The molecule has 0 saturated carbocycles. The number of hydrogen-bond donors (Lipinski definition) is 4. The molecule has 0 radical (unpaired) electrons. The molecule has 0 aliphatic heterocycles. The zero-order chi connectivity index (χ0) is 12.1. The van der Waals surface area contributed by atoms with Gasteiger partial charge < -0.3 is 20.7 Å². The molecule has 1 heterocycles. The van der Waals surface area contributed by atoms with E-state index in [1.54, 1.807) is 0 Å². The number of methoxy groups -OCH3 is 1. The van der Waals surface area contributed by atoms with Gasteiger partial charge in [0.05, 0.1) is 25.1 Å². The van der Waals surface area contributed by atoms with E-state index in [0.717, 1.165) is 0 Å². The standard InChI is InChI=1S/C9H15N3O3S/c1-15-9-8(10)11-4-5(12-9)7(14)6(13)2-3-16/h4,6-7,13-14,16H,2-3H2,1H3,(H2,10,11). The lowest BCUT2D eigenvalue weighted by atomic mass is 10.1. The van der Waals surface area contributed by atoms with Crippen LogP contribution < -0.4 is 10.5 Å². The molecule has 90 valence electrons. The van der Waals surface area contributed by atoms with Gasteiger partial charge in [0.2, 0.25) is 0 Å². The molecule has 1 aromatic rings. The van der Waals surface area contributed by atoms with Crippen molar-refractivity contribution in [1.82, 2.24) is 9.97 Å². The van der Waals surface area contributed by atoms with Crippen LogP contribution >= 0.6 is 12.6 Å². The largest absolute Gasteiger partial charge is 0.478 e. The Balaban J connectivity index is 2.87. The quantitative estimate of drug-likeness (QED) is 0.535. The van der Waals surface area contributed by atoms with Crippen molar-refractivity contribution < 1.29 is 14.9 Å². The van der Waals surface area contributed by atoms with E-state index >= 15 is 0 Å². The van der Waals surface area contributed by atoms with Gasteiger partial charge in [-0.25, -0.2) is 9.97 Å². The molecule has 6 nitrogen and oxygen atoms in total. The topological polar surface area (TPSA) is 101 Å². The summed E-state index contributed by atoms with van der Waals surface area (Å²) in [4.78, 5) is 7.76. The lowest BCUT2D eigenvalue weighted by Gasteiger charge is -2.16. The Morgan fingerprint density at radius 3 is 2.81 bits per heavy atom. The second-order valence-electron chi connectivity index (χ2n) is 3.21. The summed E-state index contributed by atoms with van der Waals surface area (Å²) in [6.45, 7) is 0. The minimum absolute atomic E-state index is 0.134. The molecule has 2 unspecified atom stereocenters. The van der Waals surface area contributed by atoms with Crippen LogP contribution in [0.25, 0.3) is 0 Å². The van der Waals surface area contributed by atoms with Crippen LogP contribution in [0.3, 0.4) is 0 Å². The highest BCUT2D eigenvalue weighted by atomic mass is 32.1. The first-order valence-corrected chi connectivity index (χ1v) is 5.36. The zero-order valence-corrected chi connectivity index (χ0v) is 9.76. The van der Waals surface area contributed by atoms with Gasteiger partial charge in [0, 0.05) is 0 Å². The predicted octanol–water partition coefficient (Wildman–Crippen LogP) is -0.218. The lowest BCUT2D eigenvalue weighted by Crippen LogP contribution is -2.20. The number of aliphatic hydroxyl groups excluding tert-OH is 2. The summed E-state index contributed by atoms with van der Waals surface area (Å²) in [5, 5.41) is 19.3.